The molecule has 0 radical (unpaired) electrons. The van der Waals surface area contributed by atoms with Crippen molar-refractivity contribution in [3.05, 3.63) is 101 Å². The normalized spacial score (nSPS) is 18.7. The second kappa shape index (κ2) is 7.58. The van der Waals surface area contributed by atoms with E-state index in [9.17, 15) is 9.18 Å². The molecule has 0 saturated heterocycles. The van der Waals surface area contributed by atoms with Crippen LogP contribution >= 0.6 is 0 Å². The first kappa shape index (κ1) is 20.1. The standard InChI is InChI=1S/C25H26FN3O/c1-25(2,3)27-24(30)20-7-5-6-18(14-20)19-12-13-29-22(15-19)16-23(28(29)4)17-8-10-21(26)11-9-17/h5-16,23H,1-4H3,(H,27,30). The van der Waals surface area contributed by atoms with Gasteiger partial charge in [0.15, 0.2) is 0 Å². The first-order valence-corrected chi connectivity index (χ1v) is 10.0. The van der Waals surface area contributed by atoms with Gasteiger partial charge in [0, 0.05) is 24.4 Å². The largest absolute Gasteiger partial charge is 0.347 e. The van der Waals surface area contributed by atoms with Gasteiger partial charge in [0.05, 0.1) is 11.7 Å². The Hall–Kier alpha value is -3.18. The van der Waals surface area contributed by atoms with Gasteiger partial charge >= 0.3 is 0 Å². The maximum absolute atomic E-state index is 13.3. The monoisotopic (exact) mass is 403 g/mol. The van der Waals surface area contributed by atoms with Crippen LogP contribution in [0.3, 0.4) is 0 Å². The quantitative estimate of drug-likeness (QED) is 0.779. The molecule has 0 fully saturated rings. The van der Waals surface area contributed by atoms with Crippen molar-refractivity contribution in [1.29, 1.82) is 0 Å². The van der Waals surface area contributed by atoms with Crippen LogP contribution in [0, 0.1) is 5.82 Å². The van der Waals surface area contributed by atoms with Crippen LogP contribution in [-0.4, -0.2) is 28.5 Å². The summed E-state index contributed by atoms with van der Waals surface area (Å²) >= 11 is 0. The van der Waals surface area contributed by atoms with Gasteiger partial charge in [-0.3, -0.25) is 9.80 Å². The Morgan fingerprint density at radius 2 is 1.83 bits per heavy atom. The summed E-state index contributed by atoms with van der Waals surface area (Å²) < 4.78 is 13.3. The molecule has 4 rings (SSSR count). The molecule has 0 spiro atoms. The Morgan fingerprint density at radius 3 is 2.53 bits per heavy atom. The molecule has 1 N–H and O–H groups in total. The van der Waals surface area contributed by atoms with E-state index >= 15 is 0 Å². The number of hydrogen-bond acceptors (Lipinski definition) is 3. The van der Waals surface area contributed by atoms with Crippen molar-refractivity contribution in [2.45, 2.75) is 32.4 Å². The highest BCUT2D eigenvalue weighted by Gasteiger charge is 2.29. The minimum absolute atomic E-state index is 0.0322. The number of amides is 1. The zero-order chi connectivity index (χ0) is 21.5. The van der Waals surface area contributed by atoms with Gasteiger partial charge < -0.3 is 5.32 Å². The van der Waals surface area contributed by atoms with Crippen LogP contribution in [-0.2, 0) is 0 Å². The van der Waals surface area contributed by atoms with E-state index in [0.717, 1.165) is 22.4 Å². The second-order valence-corrected chi connectivity index (χ2v) is 8.71. The number of halogens is 1. The summed E-state index contributed by atoms with van der Waals surface area (Å²) in [5, 5.41) is 7.19. The zero-order valence-electron chi connectivity index (χ0n) is 17.7. The van der Waals surface area contributed by atoms with E-state index < -0.39 is 0 Å². The molecule has 2 aliphatic rings. The molecule has 2 aromatic rings. The lowest BCUT2D eigenvalue weighted by atomic mass is 9.99. The van der Waals surface area contributed by atoms with Crippen molar-refractivity contribution in [3.63, 3.8) is 0 Å². The lowest BCUT2D eigenvalue weighted by Gasteiger charge is -2.31. The number of hydrazine groups is 1. The van der Waals surface area contributed by atoms with Crippen LogP contribution < -0.4 is 5.32 Å². The van der Waals surface area contributed by atoms with Crippen LogP contribution in [0.25, 0.3) is 5.57 Å². The predicted molar refractivity (Wildman–Crippen MR) is 118 cm³/mol. The minimum atomic E-state index is -0.286. The van der Waals surface area contributed by atoms with Gasteiger partial charge in [0.25, 0.3) is 5.91 Å². The molecule has 1 atom stereocenters. The van der Waals surface area contributed by atoms with Crippen LogP contribution in [0.15, 0.2) is 78.7 Å². The Labute approximate surface area is 177 Å². The van der Waals surface area contributed by atoms with Gasteiger partial charge in [-0.15, -0.1) is 0 Å². The summed E-state index contributed by atoms with van der Waals surface area (Å²) in [6.45, 7) is 5.91. The van der Waals surface area contributed by atoms with E-state index in [0.29, 0.717) is 5.56 Å². The van der Waals surface area contributed by atoms with Crippen molar-refractivity contribution < 1.29 is 9.18 Å². The Kier molecular flexibility index (Phi) is 5.08. The average Bonchev–Trinajstić information content (AvgIpc) is 3.03. The van der Waals surface area contributed by atoms with Crippen molar-refractivity contribution in [2.24, 2.45) is 0 Å². The highest BCUT2D eigenvalue weighted by molar-refractivity contribution is 5.96. The topological polar surface area (TPSA) is 35.6 Å². The molecule has 1 unspecified atom stereocenters. The van der Waals surface area contributed by atoms with Crippen LogP contribution in [0.4, 0.5) is 4.39 Å². The molecule has 5 heteroatoms. The van der Waals surface area contributed by atoms with Gasteiger partial charge in [-0.25, -0.2) is 9.40 Å². The number of likely N-dealkylation sites (N-methyl/N-ethyl adjacent to an activating group) is 1. The molecule has 30 heavy (non-hydrogen) atoms. The fourth-order valence-corrected chi connectivity index (χ4v) is 3.73. The fraction of sp³-hybridized carbons (Fsp3) is 0.240. The zero-order valence-corrected chi connectivity index (χ0v) is 17.7. The lowest BCUT2D eigenvalue weighted by molar-refractivity contribution is 0.0875. The van der Waals surface area contributed by atoms with Crippen LogP contribution in [0.1, 0.15) is 48.3 Å². The molecule has 154 valence electrons. The minimum Gasteiger partial charge on any atom is -0.347 e. The number of nitrogens with one attached hydrogen (secondary N) is 1. The Morgan fingerprint density at radius 1 is 1.10 bits per heavy atom. The third kappa shape index (κ3) is 4.07. The fourth-order valence-electron chi connectivity index (χ4n) is 3.73. The molecule has 2 aliphatic heterocycles. The first-order chi connectivity index (χ1) is 14.2. The summed E-state index contributed by atoms with van der Waals surface area (Å²) in [6.07, 6.45) is 8.34. The van der Waals surface area contributed by atoms with E-state index in [1.807, 2.05) is 76.5 Å². The predicted octanol–water partition coefficient (Wildman–Crippen LogP) is 5.05. The van der Waals surface area contributed by atoms with E-state index in [-0.39, 0.29) is 23.3 Å². The Balaban J connectivity index is 1.61. The van der Waals surface area contributed by atoms with Gasteiger partial charge in [0.2, 0.25) is 0 Å². The molecule has 4 nitrogen and oxygen atoms in total. The first-order valence-electron chi connectivity index (χ1n) is 10.0. The summed E-state index contributed by atoms with van der Waals surface area (Å²) in [5.41, 5.74) is 4.46. The molecule has 0 bridgehead atoms. The maximum Gasteiger partial charge on any atom is 0.251 e. The highest BCUT2D eigenvalue weighted by atomic mass is 19.1. The molecular weight excluding hydrogens is 377 g/mol. The average molecular weight is 404 g/mol. The molecule has 0 saturated carbocycles. The number of carbonyl (C=O) groups excluding carboxylic acids is 1. The highest BCUT2D eigenvalue weighted by Crippen LogP contribution is 2.37. The van der Waals surface area contributed by atoms with E-state index in [4.69, 9.17) is 0 Å². The number of benzene rings is 2. The van der Waals surface area contributed by atoms with E-state index in [2.05, 4.69) is 27.5 Å². The SMILES string of the molecule is CN1C(c2ccc(F)cc2)C=C2C=C(c3cccc(C(=O)NC(C)(C)C)c3)C=CN21. The number of rotatable bonds is 3. The number of allylic oxidation sites excluding steroid dienone is 3. The summed E-state index contributed by atoms with van der Waals surface area (Å²) in [6, 6.07) is 14.3. The molecule has 0 aliphatic carbocycles. The van der Waals surface area contributed by atoms with Gasteiger partial charge in [0.1, 0.15) is 5.82 Å². The molecule has 2 aromatic carbocycles. The number of nitrogens with zero attached hydrogens (tertiary/aromatic N) is 2. The number of carbonyl (C=O) groups is 1. The third-order valence-corrected chi connectivity index (χ3v) is 5.19. The van der Waals surface area contributed by atoms with Crippen molar-refractivity contribution in [3.8, 4) is 0 Å². The van der Waals surface area contributed by atoms with E-state index in [1.54, 1.807) is 0 Å². The third-order valence-electron chi connectivity index (χ3n) is 5.19. The van der Waals surface area contributed by atoms with Crippen LogP contribution in [0.5, 0.6) is 0 Å². The van der Waals surface area contributed by atoms with Crippen molar-refractivity contribution in [1.82, 2.24) is 15.3 Å². The molecule has 1 amide bonds. The maximum atomic E-state index is 13.3. The van der Waals surface area contributed by atoms with Crippen molar-refractivity contribution in [2.75, 3.05) is 7.05 Å². The van der Waals surface area contributed by atoms with E-state index in [1.165, 1.54) is 12.1 Å². The second-order valence-electron chi connectivity index (χ2n) is 8.71. The number of fused-ring (bicyclic) bond motifs is 1. The van der Waals surface area contributed by atoms with Crippen LogP contribution in [0.2, 0.25) is 0 Å². The summed E-state index contributed by atoms with van der Waals surface area (Å²) in [7, 11) is 2.01. The molecule has 2 heterocycles. The lowest BCUT2D eigenvalue weighted by Crippen LogP contribution is -2.40. The molecule has 0 aromatic heterocycles. The van der Waals surface area contributed by atoms with Gasteiger partial charge in [-0.2, -0.15) is 0 Å². The van der Waals surface area contributed by atoms with Crippen molar-refractivity contribution >= 4 is 11.5 Å². The van der Waals surface area contributed by atoms with Gasteiger partial charge in [-0.1, -0.05) is 24.3 Å². The smallest absolute Gasteiger partial charge is 0.251 e. The summed E-state index contributed by atoms with van der Waals surface area (Å²) in [4.78, 5) is 12.5. The Bertz CT molecular complexity index is 1060. The van der Waals surface area contributed by atoms with Gasteiger partial charge in [-0.05, 0) is 80.0 Å². The summed E-state index contributed by atoms with van der Waals surface area (Å²) in [5.74, 6) is -0.315. The number of hydrogen-bond donors (Lipinski definition) is 1. The molecular formula is C25H26FN3O.